The molecule has 36 heavy (non-hydrogen) atoms. The molecular formula is C34H58O2. The lowest BCUT2D eigenvalue weighted by Gasteiger charge is -2.04. The van der Waals surface area contributed by atoms with Crippen LogP contribution in [0.3, 0.4) is 0 Å². The molecule has 2 heteroatoms. The van der Waals surface area contributed by atoms with E-state index in [1.807, 2.05) is 30.3 Å². The fourth-order valence-electron chi connectivity index (χ4n) is 4.80. The quantitative estimate of drug-likeness (QED) is 0.0549. The number of carbonyl (C=O) groups excluding carboxylic acids is 1. The van der Waals surface area contributed by atoms with Crippen molar-refractivity contribution in [2.75, 3.05) is 0 Å². The Morgan fingerprint density at radius 2 is 0.944 bits per heavy atom. The normalized spacial score (nSPS) is 11.4. The van der Waals surface area contributed by atoms with E-state index in [-0.39, 0.29) is 5.97 Å². The van der Waals surface area contributed by atoms with E-state index in [1.54, 1.807) is 0 Å². The van der Waals surface area contributed by atoms with E-state index in [1.165, 1.54) is 135 Å². The van der Waals surface area contributed by atoms with Crippen LogP contribution in [0.25, 0.3) is 0 Å². The number of unbranched alkanes of at least 4 members (excludes halogenated alkanes) is 21. The largest absolute Gasteiger partial charge is 0.427 e. The molecule has 0 atom stereocenters. The summed E-state index contributed by atoms with van der Waals surface area (Å²) in [5, 5.41) is 0. The molecule has 2 nitrogen and oxygen atoms in total. The van der Waals surface area contributed by atoms with Gasteiger partial charge in [-0.1, -0.05) is 166 Å². The van der Waals surface area contributed by atoms with Crippen LogP contribution < -0.4 is 4.74 Å². The molecule has 0 aliphatic heterocycles. The van der Waals surface area contributed by atoms with Crippen LogP contribution in [0.4, 0.5) is 0 Å². The Hall–Kier alpha value is -1.57. The van der Waals surface area contributed by atoms with Gasteiger partial charge in [-0.15, -0.1) is 0 Å². The summed E-state index contributed by atoms with van der Waals surface area (Å²) in [6.45, 7) is 2.30. The molecule has 0 bridgehead atoms. The zero-order valence-corrected chi connectivity index (χ0v) is 23.8. The Bertz CT molecular complexity index is 607. The van der Waals surface area contributed by atoms with Gasteiger partial charge in [0.25, 0.3) is 0 Å². The first-order valence-electron chi connectivity index (χ1n) is 15.7. The molecular weight excluding hydrogens is 440 g/mol. The summed E-state index contributed by atoms with van der Waals surface area (Å²) in [5.41, 5.74) is 0. The number of carbonyl (C=O) groups is 1. The van der Waals surface area contributed by atoms with Crippen molar-refractivity contribution in [2.24, 2.45) is 0 Å². The van der Waals surface area contributed by atoms with Crippen LogP contribution in [0.15, 0.2) is 42.5 Å². The second kappa shape index (κ2) is 26.5. The van der Waals surface area contributed by atoms with Gasteiger partial charge in [0.1, 0.15) is 5.75 Å². The lowest BCUT2D eigenvalue weighted by Crippen LogP contribution is -2.06. The zero-order valence-electron chi connectivity index (χ0n) is 23.8. The number of para-hydroxylation sites is 1. The molecule has 0 unspecified atom stereocenters. The Morgan fingerprint density at radius 1 is 0.556 bits per heavy atom. The molecule has 0 saturated carbocycles. The molecule has 0 aliphatic rings. The number of hydrogen-bond acceptors (Lipinski definition) is 2. The first kappa shape index (κ1) is 32.5. The van der Waals surface area contributed by atoms with Gasteiger partial charge in [0.15, 0.2) is 0 Å². The Morgan fingerprint density at radius 3 is 1.39 bits per heavy atom. The third-order valence-electron chi connectivity index (χ3n) is 7.13. The smallest absolute Gasteiger partial charge is 0.311 e. The van der Waals surface area contributed by atoms with Crippen LogP contribution in [0, 0.1) is 0 Å². The van der Waals surface area contributed by atoms with Gasteiger partial charge in [0.05, 0.1) is 0 Å². The third-order valence-corrected chi connectivity index (χ3v) is 7.13. The highest BCUT2D eigenvalue weighted by Gasteiger charge is 2.02. The van der Waals surface area contributed by atoms with Crippen LogP contribution in [0.5, 0.6) is 5.75 Å². The predicted molar refractivity (Wildman–Crippen MR) is 158 cm³/mol. The summed E-state index contributed by atoms with van der Waals surface area (Å²) >= 11 is 0. The van der Waals surface area contributed by atoms with E-state index >= 15 is 0 Å². The maximum absolute atomic E-state index is 11.8. The van der Waals surface area contributed by atoms with E-state index in [4.69, 9.17) is 4.74 Å². The second-order valence-corrected chi connectivity index (χ2v) is 10.7. The van der Waals surface area contributed by atoms with E-state index in [2.05, 4.69) is 19.1 Å². The summed E-state index contributed by atoms with van der Waals surface area (Å²) in [5.74, 6) is 0.478. The van der Waals surface area contributed by atoms with Gasteiger partial charge in [0.2, 0.25) is 0 Å². The summed E-state index contributed by atoms with van der Waals surface area (Å²) in [4.78, 5) is 11.8. The maximum Gasteiger partial charge on any atom is 0.311 e. The number of allylic oxidation sites excluding steroid dienone is 2. The molecule has 1 rings (SSSR count). The van der Waals surface area contributed by atoms with Gasteiger partial charge in [0, 0.05) is 6.42 Å². The Labute approximate surface area is 224 Å². The van der Waals surface area contributed by atoms with Gasteiger partial charge >= 0.3 is 5.97 Å². The van der Waals surface area contributed by atoms with Gasteiger partial charge in [-0.05, 0) is 31.4 Å². The molecule has 1 aromatic carbocycles. The lowest BCUT2D eigenvalue weighted by atomic mass is 10.0. The summed E-state index contributed by atoms with van der Waals surface area (Å²) in [6.07, 6.45) is 36.7. The average Bonchev–Trinajstić information content (AvgIpc) is 2.89. The first-order valence-corrected chi connectivity index (χ1v) is 15.7. The number of ether oxygens (including phenoxy) is 1. The van der Waals surface area contributed by atoms with Crippen molar-refractivity contribution in [2.45, 2.75) is 161 Å². The number of benzene rings is 1. The minimum atomic E-state index is -0.153. The monoisotopic (exact) mass is 498 g/mol. The van der Waals surface area contributed by atoms with Gasteiger partial charge in [-0.25, -0.2) is 0 Å². The minimum absolute atomic E-state index is 0.153. The molecule has 0 saturated heterocycles. The summed E-state index contributed by atoms with van der Waals surface area (Å²) in [7, 11) is 0. The van der Waals surface area contributed by atoms with Crippen molar-refractivity contribution < 1.29 is 9.53 Å². The van der Waals surface area contributed by atoms with Crippen molar-refractivity contribution >= 4 is 5.97 Å². The van der Waals surface area contributed by atoms with Crippen LogP contribution in [-0.2, 0) is 4.79 Å². The third kappa shape index (κ3) is 22.9. The topological polar surface area (TPSA) is 26.3 Å². The maximum atomic E-state index is 11.8. The van der Waals surface area contributed by atoms with E-state index in [0.29, 0.717) is 12.2 Å². The van der Waals surface area contributed by atoms with Gasteiger partial charge in [-0.3, -0.25) is 4.79 Å². The van der Waals surface area contributed by atoms with E-state index in [9.17, 15) is 4.79 Å². The molecule has 0 fully saturated rings. The molecule has 1 aromatic rings. The standard InChI is InChI=1S/C34H58O2/c1-2-3-4-5-6-7-8-9-10-11-12-13-14-15-16-17-18-19-20-21-22-23-24-25-29-32-34(35)36-33-30-27-26-28-31-33/h24-28,30-31H,2-23,29,32H2,1H3. The van der Waals surface area contributed by atoms with Crippen molar-refractivity contribution in [1.29, 1.82) is 0 Å². The molecule has 0 aromatic heterocycles. The summed E-state index contributed by atoms with van der Waals surface area (Å²) in [6, 6.07) is 9.30. The SMILES string of the molecule is CCCCCCCCCCCCCCCCCCCCCCCC=CCCC(=O)Oc1ccccc1. The molecule has 0 heterocycles. The Balaban J connectivity index is 1.71. The van der Waals surface area contributed by atoms with E-state index < -0.39 is 0 Å². The minimum Gasteiger partial charge on any atom is -0.427 e. The van der Waals surface area contributed by atoms with Crippen LogP contribution in [-0.4, -0.2) is 5.97 Å². The molecule has 0 spiro atoms. The zero-order chi connectivity index (χ0) is 25.8. The van der Waals surface area contributed by atoms with Crippen molar-refractivity contribution in [3.05, 3.63) is 42.5 Å². The highest BCUT2D eigenvalue weighted by Crippen LogP contribution is 2.15. The number of hydrogen-bond donors (Lipinski definition) is 0. The lowest BCUT2D eigenvalue weighted by molar-refractivity contribution is -0.134. The van der Waals surface area contributed by atoms with Crippen LogP contribution in [0.2, 0.25) is 0 Å². The molecule has 0 aliphatic carbocycles. The summed E-state index contributed by atoms with van der Waals surface area (Å²) < 4.78 is 5.30. The molecule has 0 N–H and O–H groups in total. The fourth-order valence-corrected chi connectivity index (χ4v) is 4.80. The van der Waals surface area contributed by atoms with Crippen molar-refractivity contribution in [1.82, 2.24) is 0 Å². The van der Waals surface area contributed by atoms with Crippen molar-refractivity contribution in [3.8, 4) is 5.75 Å². The molecule has 0 radical (unpaired) electrons. The molecule has 0 amide bonds. The van der Waals surface area contributed by atoms with Gasteiger partial charge < -0.3 is 4.74 Å². The second-order valence-electron chi connectivity index (χ2n) is 10.7. The van der Waals surface area contributed by atoms with Crippen molar-refractivity contribution in [3.63, 3.8) is 0 Å². The van der Waals surface area contributed by atoms with Crippen LogP contribution in [0.1, 0.15) is 161 Å². The number of rotatable bonds is 26. The predicted octanol–water partition coefficient (Wildman–Crippen LogP) is 11.5. The Kier molecular flexibility index (Phi) is 23.9. The number of esters is 1. The highest BCUT2D eigenvalue weighted by atomic mass is 16.5. The highest BCUT2D eigenvalue weighted by molar-refractivity contribution is 5.72. The average molecular weight is 499 g/mol. The van der Waals surface area contributed by atoms with Crippen LogP contribution >= 0.6 is 0 Å². The fraction of sp³-hybridized carbons (Fsp3) is 0.735. The molecule has 206 valence electrons. The first-order chi connectivity index (χ1) is 17.8. The van der Waals surface area contributed by atoms with E-state index in [0.717, 1.165) is 12.8 Å². The van der Waals surface area contributed by atoms with Gasteiger partial charge in [-0.2, -0.15) is 0 Å².